The highest BCUT2D eigenvalue weighted by Crippen LogP contribution is 2.24. The predicted octanol–water partition coefficient (Wildman–Crippen LogP) is 2.46. The number of carboxylic acid groups (broad SMARTS) is 1. The van der Waals surface area contributed by atoms with E-state index in [1.54, 1.807) is 0 Å². The van der Waals surface area contributed by atoms with Gasteiger partial charge in [0.25, 0.3) is 0 Å². The second kappa shape index (κ2) is 6.68. The molecule has 104 valence electrons. The van der Waals surface area contributed by atoms with E-state index in [1.807, 2.05) is 13.8 Å². The Labute approximate surface area is 120 Å². The van der Waals surface area contributed by atoms with E-state index in [2.05, 4.69) is 21.2 Å². The van der Waals surface area contributed by atoms with Gasteiger partial charge in [0.1, 0.15) is 0 Å². The van der Waals surface area contributed by atoms with E-state index < -0.39 is 12.0 Å². The van der Waals surface area contributed by atoms with Crippen LogP contribution in [0.2, 0.25) is 0 Å². The molecule has 1 rings (SSSR count). The number of carboxylic acids is 1. The van der Waals surface area contributed by atoms with Gasteiger partial charge in [-0.2, -0.15) is 0 Å². The van der Waals surface area contributed by atoms with Crippen LogP contribution in [0.1, 0.15) is 30.6 Å². The van der Waals surface area contributed by atoms with Crippen molar-refractivity contribution >= 4 is 33.5 Å². The number of anilines is 1. The van der Waals surface area contributed by atoms with Crippen LogP contribution in [0.5, 0.6) is 0 Å². The first-order valence-electron chi connectivity index (χ1n) is 5.96. The Balaban J connectivity index is 2.83. The lowest BCUT2D eigenvalue weighted by molar-refractivity contribution is -0.118. The number of benzene rings is 1. The molecule has 1 amide bonds. The molecule has 0 saturated carbocycles. The van der Waals surface area contributed by atoms with E-state index in [1.165, 1.54) is 18.2 Å². The van der Waals surface area contributed by atoms with Gasteiger partial charge < -0.3 is 16.2 Å². The molecule has 0 fully saturated rings. The maximum absolute atomic E-state index is 11.9. The molecule has 0 aliphatic rings. The second-order valence-electron chi connectivity index (χ2n) is 4.40. The van der Waals surface area contributed by atoms with Crippen LogP contribution in [-0.2, 0) is 4.79 Å². The molecule has 0 bridgehead atoms. The van der Waals surface area contributed by atoms with Crippen molar-refractivity contribution in [3.63, 3.8) is 0 Å². The fraction of sp³-hybridized carbons (Fsp3) is 0.385. The van der Waals surface area contributed by atoms with E-state index in [0.717, 1.165) is 6.42 Å². The minimum Gasteiger partial charge on any atom is -0.478 e. The van der Waals surface area contributed by atoms with Crippen LogP contribution in [0.4, 0.5) is 5.69 Å². The van der Waals surface area contributed by atoms with Crippen molar-refractivity contribution in [3.8, 4) is 0 Å². The first-order valence-corrected chi connectivity index (χ1v) is 6.75. The molecule has 6 heteroatoms. The van der Waals surface area contributed by atoms with E-state index in [0.29, 0.717) is 10.2 Å². The van der Waals surface area contributed by atoms with Crippen LogP contribution in [0, 0.1) is 5.92 Å². The molecule has 0 aliphatic heterocycles. The van der Waals surface area contributed by atoms with Crippen LogP contribution < -0.4 is 11.1 Å². The summed E-state index contributed by atoms with van der Waals surface area (Å²) in [4.78, 5) is 22.7. The van der Waals surface area contributed by atoms with Gasteiger partial charge in [0.05, 0.1) is 17.3 Å². The summed E-state index contributed by atoms with van der Waals surface area (Å²) in [5.74, 6) is -1.22. The Morgan fingerprint density at radius 2 is 2.11 bits per heavy atom. The van der Waals surface area contributed by atoms with Crippen LogP contribution in [0.3, 0.4) is 0 Å². The fourth-order valence-electron chi connectivity index (χ4n) is 1.48. The number of nitrogens with one attached hydrogen (secondary N) is 1. The van der Waals surface area contributed by atoms with Crippen molar-refractivity contribution in [1.29, 1.82) is 0 Å². The topological polar surface area (TPSA) is 92.4 Å². The van der Waals surface area contributed by atoms with Crippen molar-refractivity contribution in [2.75, 3.05) is 5.32 Å². The number of carbonyl (C=O) groups is 2. The Kier molecular flexibility index (Phi) is 5.50. The van der Waals surface area contributed by atoms with Gasteiger partial charge in [0.15, 0.2) is 0 Å². The highest BCUT2D eigenvalue weighted by atomic mass is 79.9. The number of nitrogens with two attached hydrogens (primary N) is 1. The van der Waals surface area contributed by atoms with Crippen LogP contribution in [0.25, 0.3) is 0 Å². The molecule has 0 radical (unpaired) electrons. The maximum Gasteiger partial charge on any atom is 0.335 e. The highest BCUT2D eigenvalue weighted by Gasteiger charge is 2.20. The van der Waals surface area contributed by atoms with Gasteiger partial charge in [0, 0.05) is 4.47 Å². The van der Waals surface area contributed by atoms with Crippen LogP contribution in [-0.4, -0.2) is 23.0 Å². The molecule has 4 N–H and O–H groups in total. The lowest BCUT2D eigenvalue weighted by Crippen LogP contribution is -2.40. The first-order chi connectivity index (χ1) is 8.86. The number of aromatic carboxylic acids is 1. The summed E-state index contributed by atoms with van der Waals surface area (Å²) in [5, 5.41) is 11.5. The molecular formula is C13H17BrN2O3. The quantitative estimate of drug-likeness (QED) is 0.774. The molecule has 0 heterocycles. The molecule has 19 heavy (non-hydrogen) atoms. The largest absolute Gasteiger partial charge is 0.478 e. The summed E-state index contributed by atoms with van der Waals surface area (Å²) >= 11 is 3.23. The lowest BCUT2D eigenvalue weighted by Gasteiger charge is -2.18. The standard InChI is InChI=1S/C13H17BrN2O3/c1-3-7(2)11(15)12(17)16-10-5-4-8(13(18)19)6-9(10)14/h4-7,11H,3,15H2,1-2H3,(H,16,17)(H,18,19)/t7-,11-/m0/s1. The smallest absolute Gasteiger partial charge is 0.335 e. The number of amides is 1. The zero-order valence-corrected chi connectivity index (χ0v) is 12.4. The number of carbonyl (C=O) groups excluding carboxylic acids is 1. The SMILES string of the molecule is CC[C@H](C)[C@H](N)C(=O)Nc1ccc(C(=O)O)cc1Br. The van der Waals surface area contributed by atoms with E-state index in [9.17, 15) is 9.59 Å². The minimum atomic E-state index is -1.02. The molecule has 2 atom stereocenters. The highest BCUT2D eigenvalue weighted by molar-refractivity contribution is 9.10. The third kappa shape index (κ3) is 4.04. The average molecular weight is 329 g/mol. The van der Waals surface area contributed by atoms with Gasteiger partial charge in [-0.1, -0.05) is 20.3 Å². The average Bonchev–Trinajstić information content (AvgIpc) is 2.38. The maximum atomic E-state index is 11.9. The van der Waals surface area contributed by atoms with Gasteiger partial charge in [-0.15, -0.1) is 0 Å². The molecule has 0 saturated heterocycles. The third-order valence-electron chi connectivity index (χ3n) is 3.03. The molecule has 5 nitrogen and oxygen atoms in total. The van der Waals surface area contributed by atoms with Gasteiger partial charge in [-0.25, -0.2) is 4.79 Å². The van der Waals surface area contributed by atoms with E-state index >= 15 is 0 Å². The molecular weight excluding hydrogens is 312 g/mol. The molecule has 0 aliphatic carbocycles. The molecule has 0 unspecified atom stereocenters. The summed E-state index contributed by atoms with van der Waals surface area (Å²) in [6.07, 6.45) is 0.813. The Bertz CT molecular complexity index is 491. The second-order valence-corrected chi connectivity index (χ2v) is 5.25. The predicted molar refractivity (Wildman–Crippen MR) is 77.2 cm³/mol. The molecule has 1 aromatic carbocycles. The van der Waals surface area contributed by atoms with Gasteiger partial charge in [-0.3, -0.25) is 4.79 Å². The summed E-state index contributed by atoms with van der Waals surface area (Å²) in [6, 6.07) is 3.81. The van der Waals surface area contributed by atoms with Gasteiger partial charge >= 0.3 is 5.97 Å². The summed E-state index contributed by atoms with van der Waals surface area (Å²) in [6.45, 7) is 3.88. The number of hydrogen-bond donors (Lipinski definition) is 3. The molecule has 0 aromatic heterocycles. The van der Waals surface area contributed by atoms with Gasteiger partial charge in [-0.05, 0) is 40.0 Å². The number of halogens is 1. The van der Waals surface area contributed by atoms with Crippen LogP contribution >= 0.6 is 15.9 Å². The minimum absolute atomic E-state index is 0.0806. The summed E-state index contributed by atoms with van der Waals surface area (Å²) < 4.78 is 0.511. The van der Waals surface area contributed by atoms with Crippen molar-refractivity contribution in [2.45, 2.75) is 26.3 Å². The summed E-state index contributed by atoms with van der Waals surface area (Å²) in [7, 11) is 0. The van der Waals surface area contributed by atoms with Gasteiger partial charge in [0.2, 0.25) is 5.91 Å². The Morgan fingerprint density at radius 1 is 1.47 bits per heavy atom. The van der Waals surface area contributed by atoms with Crippen molar-refractivity contribution in [3.05, 3.63) is 28.2 Å². The van der Waals surface area contributed by atoms with E-state index in [-0.39, 0.29) is 17.4 Å². The molecule has 1 aromatic rings. The van der Waals surface area contributed by atoms with E-state index in [4.69, 9.17) is 10.8 Å². The zero-order chi connectivity index (χ0) is 14.6. The van der Waals surface area contributed by atoms with Crippen molar-refractivity contribution < 1.29 is 14.7 Å². The zero-order valence-electron chi connectivity index (χ0n) is 10.8. The third-order valence-corrected chi connectivity index (χ3v) is 3.69. The Hall–Kier alpha value is -1.40. The lowest BCUT2D eigenvalue weighted by atomic mass is 9.99. The first kappa shape index (κ1) is 15.7. The van der Waals surface area contributed by atoms with Crippen molar-refractivity contribution in [2.24, 2.45) is 11.7 Å². The normalized spacial score (nSPS) is 13.7. The fourth-order valence-corrected chi connectivity index (χ4v) is 1.96. The van der Waals surface area contributed by atoms with Crippen LogP contribution in [0.15, 0.2) is 22.7 Å². The summed E-state index contributed by atoms with van der Waals surface area (Å²) in [5.41, 5.74) is 6.48. The molecule has 0 spiro atoms. The Morgan fingerprint density at radius 3 is 2.58 bits per heavy atom. The van der Waals surface area contributed by atoms with Crippen molar-refractivity contribution in [1.82, 2.24) is 0 Å². The number of rotatable bonds is 5. The number of hydrogen-bond acceptors (Lipinski definition) is 3. The monoisotopic (exact) mass is 328 g/mol.